The number of anilines is 1. The van der Waals surface area contributed by atoms with Crippen LogP contribution in [0.1, 0.15) is 15.9 Å². The van der Waals surface area contributed by atoms with Crippen molar-refractivity contribution < 1.29 is 19.4 Å². The maximum absolute atomic E-state index is 12.8. The van der Waals surface area contributed by atoms with E-state index in [2.05, 4.69) is 4.98 Å². The average molecular weight is 391 g/mol. The van der Waals surface area contributed by atoms with Gasteiger partial charge in [0.05, 0.1) is 5.56 Å². The number of para-hydroxylation sites is 1. The van der Waals surface area contributed by atoms with Crippen LogP contribution in [0.5, 0.6) is 11.5 Å². The van der Waals surface area contributed by atoms with E-state index >= 15 is 0 Å². The number of phenolic OH excluding ortho intramolecular Hbond substituents is 1. The van der Waals surface area contributed by atoms with Gasteiger partial charge >= 0.3 is 6.09 Å². The Hall–Kier alpha value is -3.87. The van der Waals surface area contributed by atoms with E-state index in [0.29, 0.717) is 12.2 Å². The number of pyridine rings is 1. The lowest BCUT2D eigenvalue weighted by Gasteiger charge is -2.19. The third-order valence-corrected chi connectivity index (χ3v) is 4.31. The minimum absolute atomic E-state index is 0.0454. The van der Waals surface area contributed by atoms with Gasteiger partial charge in [0.1, 0.15) is 11.5 Å². The number of carbonyl (C=O) groups is 2. The number of phenols is 1. The Balaban J connectivity index is 1.73. The third-order valence-electron chi connectivity index (χ3n) is 4.31. The fourth-order valence-corrected chi connectivity index (χ4v) is 2.72. The first-order chi connectivity index (χ1) is 14.0. The van der Waals surface area contributed by atoms with E-state index < -0.39 is 12.0 Å². The van der Waals surface area contributed by atoms with Crippen LogP contribution in [0, 0.1) is 0 Å². The molecule has 0 radical (unpaired) electrons. The second-order valence-electron chi connectivity index (χ2n) is 6.46. The number of nitrogens with zero attached hydrogens (tertiary/aromatic N) is 3. The van der Waals surface area contributed by atoms with Gasteiger partial charge in [-0.2, -0.15) is 0 Å². The largest absolute Gasteiger partial charge is 0.507 e. The molecule has 1 heterocycles. The molecule has 0 fully saturated rings. The molecule has 0 atom stereocenters. The van der Waals surface area contributed by atoms with E-state index in [1.54, 1.807) is 44.7 Å². The van der Waals surface area contributed by atoms with Crippen molar-refractivity contribution in [2.24, 2.45) is 0 Å². The zero-order chi connectivity index (χ0) is 20.8. The van der Waals surface area contributed by atoms with Crippen LogP contribution >= 0.6 is 0 Å². The smallest absolute Gasteiger partial charge is 0.419 e. The summed E-state index contributed by atoms with van der Waals surface area (Å²) in [7, 11) is 3.21. The quantitative estimate of drug-likeness (QED) is 0.717. The van der Waals surface area contributed by atoms with Crippen molar-refractivity contribution in [2.45, 2.75) is 6.54 Å². The summed E-state index contributed by atoms with van der Waals surface area (Å²) in [6.07, 6.45) is 2.71. The molecule has 148 valence electrons. The minimum Gasteiger partial charge on any atom is -0.507 e. The molecular weight excluding hydrogens is 370 g/mol. The third kappa shape index (κ3) is 4.90. The first-order valence-corrected chi connectivity index (χ1v) is 8.93. The SMILES string of the molecule is CN(Cc1cccnc1)C(=O)c1cc(OC(=O)N(C)c2ccccc2)ccc1O. The van der Waals surface area contributed by atoms with Crippen LogP contribution in [0.4, 0.5) is 10.5 Å². The van der Waals surface area contributed by atoms with Gasteiger partial charge in [0, 0.05) is 38.7 Å². The summed E-state index contributed by atoms with van der Waals surface area (Å²) >= 11 is 0. The second-order valence-corrected chi connectivity index (χ2v) is 6.46. The summed E-state index contributed by atoms with van der Waals surface area (Å²) in [6.45, 7) is 0.326. The Labute approximate surface area is 168 Å². The molecule has 0 spiro atoms. The van der Waals surface area contributed by atoms with E-state index in [1.165, 1.54) is 28.0 Å². The molecule has 1 aromatic heterocycles. The summed E-state index contributed by atoms with van der Waals surface area (Å²) < 4.78 is 5.37. The molecule has 2 aromatic carbocycles. The monoisotopic (exact) mass is 391 g/mol. The Morgan fingerprint density at radius 1 is 1.03 bits per heavy atom. The van der Waals surface area contributed by atoms with Crippen LogP contribution in [-0.4, -0.2) is 41.1 Å². The number of amides is 2. The maximum Gasteiger partial charge on any atom is 0.419 e. The summed E-state index contributed by atoms with van der Waals surface area (Å²) in [5.74, 6) is -0.432. The van der Waals surface area contributed by atoms with Crippen molar-refractivity contribution in [1.82, 2.24) is 9.88 Å². The van der Waals surface area contributed by atoms with Crippen molar-refractivity contribution in [3.8, 4) is 11.5 Å². The summed E-state index contributed by atoms with van der Waals surface area (Å²) in [4.78, 5) is 32.0. The maximum atomic E-state index is 12.8. The number of carbonyl (C=O) groups excluding carboxylic acids is 2. The molecule has 3 rings (SSSR count). The zero-order valence-corrected chi connectivity index (χ0v) is 16.1. The van der Waals surface area contributed by atoms with Crippen LogP contribution in [-0.2, 0) is 6.54 Å². The van der Waals surface area contributed by atoms with Crippen molar-refractivity contribution >= 4 is 17.7 Å². The molecule has 0 saturated heterocycles. The van der Waals surface area contributed by atoms with Crippen molar-refractivity contribution in [3.63, 3.8) is 0 Å². The van der Waals surface area contributed by atoms with Gasteiger partial charge < -0.3 is 14.7 Å². The fraction of sp³-hybridized carbons (Fsp3) is 0.136. The number of aromatic nitrogens is 1. The van der Waals surface area contributed by atoms with Gasteiger partial charge in [0.25, 0.3) is 5.91 Å². The first kappa shape index (κ1) is 19.9. The second kappa shape index (κ2) is 8.88. The molecule has 0 bridgehead atoms. The molecule has 7 nitrogen and oxygen atoms in total. The highest BCUT2D eigenvalue weighted by molar-refractivity contribution is 5.97. The molecule has 1 N–H and O–H groups in total. The van der Waals surface area contributed by atoms with E-state index in [4.69, 9.17) is 4.74 Å². The van der Waals surface area contributed by atoms with Gasteiger partial charge in [-0.1, -0.05) is 24.3 Å². The van der Waals surface area contributed by atoms with Gasteiger partial charge in [-0.25, -0.2) is 4.79 Å². The van der Waals surface area contributed by atoms with Crippen LogP contribution in [0.3, 0.4) is 0 Å². The summed E-state index contributed by atoms with van der Waals surface area (Å²) in [5.41, 5.74) is 1.57. The first-order valence-electron chi connectivity index (χ1n) is 8.93. The number of aromatic hydroxyl groups is 1. The van der Waals surface area contributed by atoms with E-state index in [1.807, 2.05) is 24.3 Å². The standard InChI is InChI=1S/C22H21N3O4/c1-24(15-16-7-6-12-23-14-16)21(27)19-13-18(10-11-20(19)26)29-22(28)25(2)17-8-4-3-5-9-17/h3-14,26H,15H2,1-2H3. The van der Waals surface area contributed by atoms with Crippen LogP contribution < -0.4 is 9.64 Å². The topological polar surface area (TPSA) is 83.0 Å². The molecule has 3 aromatic rings. The van der Waals surface area contributed by atoms with Gasteiger partial charge in [0.2, 0.25) is 0 Å². The fourth-order valence-electron chi connectivity index (χ4n) is 2.72. The lowest BCUT2D eigenvalue weighted by molar-refractivity contribution is 0.0781. The Morgan fingerprint density at radius 2 is 1.79 bits per heavy atom. The predicted octanol–water partition coefficient (Wildman–Crippen LogP) is 3.69. The molecule has 0 saturated carbocycles. The molecule has 0 unspecified atom stereocenters. The zero-order valence-electron chi connectivity index (χ0n) is 16.1. The lowest BCUT2D eigenvalue weighted by Crippen LogP contribution is -2.29. The van der Waals surface area contributed by atoms with Crippen molar-refractivity contribution in [3.05, 3.63) is 84.2 Å². The van der Waals surface area contributed by atoms with Crippen LogP contribution in [0.2, 0.25) is 0 Å². The molecular formula is C22H21N3O4. The van der Waals surface area contributed by atoms with Gasteiger partial charge in [-0.05, 0) is 42.0 Å². The lowest BCUT2D eigenvalue weighted by atomic mass is 10.1. The Kier molecular flexibility index (Phi) is 6.09. The Bertz CT molecular complexity index is 993. The Morgan fingerprint density at radius 3 is 2.48 bits per heavy atom. The van der Waals surface area contributed by atoms with E-state index in [0.717, 1.165) is 5.56 Å². The number of benzene rings is 2. The van der Waals surface area contributed by atoms with Crippen molar-refractivity contribution in [2.75, 3.05) is 19.0 Å². The normalized spacial score (nSPS) is 10.3. The predicted molar refractivity (Wildman–Crippen MR) is 109 cm³/mol. The average Bonchev–Trinajstić information content (AvgIpc) is 2.75. The molecule has 29 heavy (non-hydrogen) atoms. The van der Waals surface area contributed by atoms with Gasteiger partial charge in [-0.3, -0.25) is 14.7 Å². The molecule has 2 amide bonds. The number of hydrogen-bond donors (Lipinski definition) is 1. The van der Waals surface area contributed by atoms with Crippen LogP contribution in [0.25, 0.3) is 0 Å². The van der Waals surface area contributed by atoms with E-state index in [9.17, 15) is 14.7 Å². The van der Waals surface area contributed by atoms with Gasteiger partial charge in [-0.15, -0.1) is 0 Å². The van der Waals surface area contributed by atoms with Gasteiger partial charge in [0.15, 0.2) is 0 Å². The molecule has 0 aliphatic rings. The highest BCUT2D eigenvalue weighted by atomic mass is 16.6. The summed E-state index contributed by atoms with van der Waals surface area (Å²) in [6, 6.07) is 16.8. The summed E-state index contributed by atoms with van der Waals surface area (Å²) in [5, 5.41) is 10.1. The van der Waals surface area contributed by atoms with Crippen molar-refractivity contribution in [1.29, 1.82) is 0 Å². The minimum atomic E-state index is -0.607. The highest BCUT2D eigenvalue weighted by Crippen LogP contribution is 2.25. The molecule has 0 aliphatic carbocycles. The van der Waals surface area contributed by atoms with Crippen LogP contribution in [0.15, 0.2) is 73.1 Å². The number of hydrogen-bond acceptors (Lipinski definition) is 5. The van der Waals surface area contributed by atoms with E-state index in [-0.39, 0.29) is 17.1 Å². The molecule has 7 heteroatoms. The number of ether oxygens (including phenoxy) is 1. The highest BCUT2D eigenvalue weighted by Gasteiger charge is 2.19. The molecule has 0 aliphatic heterocycles. The number of rotatable bonds is 5.